The maximum atomic E-state index is 4.08. The fourth-order valence-electron chi connectivity index (χ4n) is 2.25. The molecule has 1 aliphatic rings. The summed E-state index contributed by atoms with van der Waals surface area (Å²) >= 11 is 5.51. The van der Waals surface area contributed by atoms with E-state index in [2.05, 4.69) is 51.1 Å². The van der Waals surface area contributed by atoms with Gasteiger partial charge in [-0.15, -0.1) is 17.9 Å². The Morgan fingerprint density at radius 3 is 2.82 bits per heavy atom. The van der Waals surface area contributed by atoms with E-state index >= 15 is 0 Å². The Kier molecular flexibility index (Phi) is 4.79. The quantitative estimate of drug-likeness (QED) is 0.857. The largest absolute Gasteiger partial charge is 0.314 e. The summed E-state index contributed by atoms with van der Waals surface area (Å²) in [5.74, 6) is 0. The lowest BCUT2D eigenvalue weighted by atomic mass is 10.0. The molecule has 0 amide bonds. The molecular formula is C13H19BrN2S. The molecule has 1 aliphatic heterocycles. The molecule has 2 heterocycles. The summed E-state index contributed by atoms with van der Waals surface area (Å²) in [6.45, 7) is 10.6. The summed E-state index contributed by atoms with van der Waals surface area (Å²) in [6.07, 6.45) is 1.05. The summed E-state index contributed by atoms with van der Waals surface area (Å²) < 4.78 is 1.24. The van der Waals surface area contributed by atoms with E-state index in [0.29, 0.717) is 6.04 Å². The molecule has 1 aromatic rings. The molecule has 0 radical (unpaired) electrons. The van der Waals surface area contributed by atoms with Crippen molar-refractivity contribution in [2.24, 2.45) is 0 Å². The van der Waals surface area contributed by atoms with E-state index in [-0.39, 0.29) is 0 Å². The van der Waals surface area contributed by atoms with Gasteiger partial charge in [-0.1, -0.05) is 5.57 Å². The highest BCUT2D eigenvalue weighted by Gasteiger charge is 2.24. The second kappa shape index (κ2) is 6.14. The first-order valence-corrected chi connectivity index (χ1v) is 7.68. The zero-order chi connectivity index (χ0) is 12.3. The highest BCUT2D eigenvalue weighted by Crippen LogP contribution is 2.36. The molecule has 2 rings (SSSR count). The van der Waals surface area contributed by atoms with Crippen LogP contribution in [0.1, 0.15) is 24.3 Å². The second-order valence-corrected chi connectivity index (χ2v) is 6.40. The van der Waals surface area contributed by atoms with E-state index in [1.54, 1.807) is 0 Å². The molecule has 0 bridgehead atoms. The van der Waals surface area contributed by atoms with Crippen LogP contribution in [-0.4, -0.2) is 31.1 Å². The number of hydrogen-bond donors (Lipinski definition) is 1. The maximum absolute atomic E-state index is 4.08. The summed E-state index contributed by atoms with van der Waals surface area (Å²) in [5, 5.41) is 5.57. The average Bonchev–Trinajstić information content (AvgIpc) is 2.73. The number of hydrogen-bond acceptors (Lipinski definition) is 3. The average molecular weight is 315 g/mol. The molecule has 0 aliphatic carbocycles. The molecule has 1 aromatic heterocycles. The van der Waals surface area contributed by atoms with E-state index in [9.17, 15) is 0 Å². The second-order valence-electron chi connectivity index (χ2n) is 4.60. The summed E-state index contributed by atoms with van der Waals surface area (Å²) in [4.78, 5) is 4.01. The zero-order valence-electron chi connectivity index (χ0n) is 10.2. The Labute approximate surface area is 116 Å². The molecule has 94 valence electrons. The van der Waals surface area contributed by atoms with Gasteiger partial charge >= 0.3 is 0 Å². The Balaban J connectivity index is 2.18. The van der Waals surface area contributed by atoms with Crippen LogP contribution in [0.15, 0.2) is 28.1 Å². The first kappa shape index (κ1) is 13.3. The van der Waals surface area contributed by atoms with Gasteiger partial charge < -0.3 is 5.32 Å². The van der Waals surface area contributed by atoms with Gasteiger partial charge in [0.2, 0.25) is 0 Å². The van der Waals surface area contributed by atoms with Crippen LogP contribution in [0.5, 0.6) is 0 Å². The summed E-state index contributed by atoms with van der Waals surface area (Å²) in [7, 11) is 0. The molecule has 17 heavy (non-hydrogen) atoms. The van der Waals surface area contributed by atoms with Crippen LogP contribution in [0.3, 0.4) is 0 Å². The van der Waals surface area contributed by atoms with Crippen LogP contribution in [0.4, 0.5) is 0 Å². The Morgan fingerprint density at radius 2 is 2.29 bits per heavy atom. The van der Waals surface area contributed by atoms with Gasteiger partial charge in [-0.3, -0.25) is 4.90 Å². The topological polar surface area (TPSA) is 15.3 Å². The predicted octanol–water partition coefficient (Wildman–Crippen LogP) is 3.42. The highest BCUT2D eigenvalue weighted by atomic mass is 79.9. The Bertz CT molecular complexity index is 383. The molecule has 1 saturated heterocycles. The molecule has 0 saturated carbocycles. The van der Waals surface area contributed by atoms with Crippen molar-refractivity contribution in [3.8, 4) is 0 Å². The lowest BCUT2D eigenvalue weighted by molar-refractivity contribution is 0.174. The van der Waals surface area contributed by atoms with E-state index in [1.165, 1.54) is 14.9 Å². The normalized spacial score (nSPS) is 19.2. The maximum Gasteiger partial charge on any atom is 0.0490 e. The summed E-state index contributed by atoms with van der Waals surface area (Å²) in [6, 6.07) is 2.64. The molecule has 1 fully saturated rings. The standard InChI is InChI=1S/C13H19BrN2S/c1-10(2)9-12(13-11(14)3-8-17-13)16-6-4-15-5-7-16/h3,8,12,15H,1,4-7,9H2,2H3/t12-/m1/s1. The first-order valence-electron chi connectivity index (χ1n) is 6.00. The minimum atomic E-state index is 0.490. The third kappa shape index (κ3) is 3.41. The molecule has 1 atom stereocenters. The fraction of sp³-hybridized carbons (Fsp3) is 0.538. The van der Waals surface area contributed by atoms with Crippen molar-refractivity contribution in [3.05, 3.63) is 32.9 Å². The van der Waals surface area contributed by atoms with E-state index in [4.69, 9.17) is 0 Å². The number of thiophene rings is 1. The SMILES string of the molecule is C=C(C)C[C@H](c1sccc1Br)N1CCNCC1. The first-order chi connectivity index (χ1) is 8.18. The van der Waals surface area contributed by atoms with Gasteiger partial charge in [0.1, 0.15) is 0 Å². The van der Waals surface area contributed by atoms with Gasteiger partial charge in [0.05, 0.1) is 0 Å². The van der Waals surface area contributed by atoms with E-state index < -0.39 is 0 Å². The third-order valence-corrected chi connectivity index (χ3v) is 5.05. The minimum absolute atomic E-state index is 0.490. The van der Waals surface area contributed by atoms with Crippen LogP contribution in [0.2, 0.25) is 0 Å². The van der Waals surface area contributed by atoms with Crippen molar-refractivity contribution in [1.29, 1.82) is 0 Å². The number of nitrogens with one attached hydrogen (secondary N) is 1. The van der Waals surface area contributed by atoms with Crippen LogP contribution in [-0.2, 0) is 0 Å². The lowest BCUT2D eigenvalue weighted by Gasteiger charge is -2.35. The zero-order valence-corrected chi connectivity index (χ0v) is 12.6. The molecule has 4 heteroatoms. The van der Waals surface area contributed by atoms with Gasteiger partial charge in [0.15, 0.2) is 0 Å². The Morgan fingerprint density at radius 1 is 1.59 bits per heavy atom. The van der Waals surface area contributed by atoms with Crippen molar-refractivity contribution < 1.29 is 0 Å². The molecule has 0 aromatic carbocycles. The van der Waals surface area contributed by atoms with Crippen LogP contribution < -0.4 is 5.32 Å². The van der Waals surface area contributed by atoms with E-state index in [1.807, 2.05) is 11.3 Å². The van der Waals surface area contributed by atoms with Crippen LogP contribution >= 0.6 is 27.3 Å². The third-order valence-electron chi connectivity index (χ3n) is 3.08. The lowest BCUT2D eigenvalue weighted by Crippen LogP contribution is -2.45. The molecular weight excluding hydrogens is 296 g/mol. The van der Waals surface area contributed by atoms with Crippen LogP contribution in [0.25, 0.3) is 0 Å². The van der Waals surface area contributed by atoms with Crippen molar-refractivity contribution in [1.82, 2.24) is 10.2 Å². The van der Waals surface area contributed by atoms with Gasteiger partial charge in [-0.05, 0) is 40.7 Å². The number of rotatable bonds is 4. The van der Waals surface area contributed by atoms with Gasteiger partial charge in [0, 0.05) is 41.6 Å². The van der Waals surface area contributed by atoms with Crippen LogP contribution in [0, 0.1) is 0 Å². The van der Waals surface area contributed by atoms with Gasteiger partial charge in [-0.2, -0.15) is 0 Å². The number of piperazine rings is 1. The molecule has 0 unspecified atom stereocenters. The van der Waals surface area contributed by atoms with Crippen molar-refractivity contribution >= 4 is 27.3 Å². The van der Waals surface area contributed by atoms with Crippen molar-refractivity contribution in [3.63, 3.8) is 0 Å². The van der Waals surface area contributed by atoms with E-state index in [0.717, 1.165) is 32.6 Å². The van der Waals surface area contributed by atoms with Gasteiger partial charge in [0.25, 0.3) is 0 Å². The van der Waals surface area contributed by atoms with Gasteiger partial charge in [-0.25, -0.2) is 0 Å². The predicted molar refractivity (Wildman–Crippen MR) is 78.6 cm³/mol. The molecule has 1 N–H and O–H groups in total. The number of nitrogens with zero attached hydrogens (tertiary/aromatic N) is 1. The van der Waals surface area contributed by atoms with Crippen molar-refractivity contribution in [2.45, 2.75) is 19.4 Å². The van der Waals surface area contributed by atoms with Crippen molar-refractivity contribution in [2.75, 3.05) is 26.2 Å². The smallest absolute Gasteiger partial charge is 0.0490 e. The highest BCUT2D eigenvalue weighted by molar-refractivity contribution is 9.10. The molecule has 2 nitrogen and oxygen atoms in total. The fourth-order valence-corrected chi connectivity index (χ4v) is 4.03. The summed E-state index contributed by atoms with van der Waals surface area (Å²) in [5.41, 5.74) is 1.26. The minimum Gasteiger partial charge on any atom is -0.314 e. The number of halogens is 1. The molecule has 0 spiro atoms. The monoisotopic (exact) mass is 314 g/mol. The Hall–Kier alpha value is -0.160.